The summed E-state index contributed by atoms with van der Waals surface area (Å²) in [6.45, 7) is 7.43. The molecule has 0 saturated carbocycles. The maximum Gasteiger partial charge on any atom is 0.275 e. The predicted octanol–water partition coefficient (Wildman–Crippen LogP) is 3.11. The SMILES string of the molecule is Cc1ccc(Cl)cc1C(=O)NOC(C)(C)C. The Kier molecular flexibility index (Phi) is 3.94. The second-order valence-corrected chi connectivity index (χ2v) is 5.04. The van der Waals surface area contributed by atoms with E-state index in [0.29, 0.717) is 10.6 Å². The van der Waals surface area contributed by atoms with Gasteiger partial charge in [0.05, 0.1) is 5.60 Å². The number of rotatable bonds is 2. The van der Waals surface area contributed by atoms with E-state index in [2.05, 4.69) is 5.48 Å². The molecule has 0 aliphatic carbocycles. The van der Waals surface area contributed by atoms with E-state index >= 15 is 0 Å². The quantitative estimate of drug-likeness (QED) is 0.808. The summed E-state index contributed by atoms with van der Waals surface area (Å²) in [6, 6.07) is 5.17. The van der Waals surface area contributed by atoms with Crippen molar-refractivity contribution in [1.29, 1.82) is 0 Å². The van der Waals surface area contributed by atoms with Crippen molar-refractivity contribution in [2.45, 2.75) is 33.3 Å². The van der Waals surface area contributed by atoms with Gasteiger partial charge in [0.2, 0.25) is 0 Å². The number of hydrogen-bond donors (Lipinski definition) is 1. The van der Waals surface area contributed by atoms with Gasteiger partial charge in [-0.1, -0.05) is 17.7 Å². The monoisotopic (exact) mass is 241 g/mol. The van der Waals surface area contributed by atoms with Gasteiger partial charge in [-0.3, -0.25) is 9.63 Å². The van der Waals surface area contributed by atoms with Gasteiger partial charge in [-0.05, 0) is 45.4 Å². The van der Waals surface area contributed by atoms with Crippen molar-refractivity contribution in [3.05, 3.63) is 34.3 Å². The Morgan fingerprint density at radius 1 is 1.38 bits per heavy atom. The van der Waals surface area contributed by atoms with Crippen LogP contribution in [0.1, 0.15) is 36.7 Å². The first-order valence-electron chi connectivity index (χ1n) is 5.04. The molecule has 16 heavy (non-hydrogen) atoms. The van der Waals surface area contributed by atoms with Gasteiger partial charge in [-0.25, -0.2) is 5.48 Å². The molecule has 4 heteroatoms. The molecule has 1 rings (SSSR count). The van der Waals surface area contributed by atoms with Crippen molar-refractivity contribution in [3.8, 4) is 0 Å². The van der Waals surface area contributed by atoms with Gasteiger partial charge >= 0.3 is 0 Å². The Bertz CT molecular complexity index is 396. The molecular formula is C12H16ClNO2. The van der Waals surface area contributed by atoms with Crippen molar-refractivity contribution in [3.63, 3.8) is 0 Å². The standard InChI is InChI=1S/C12H16ClNO2/c1-8-5-6-9(13)7-10(8)11(15)14-16-12(2,3)4/h5-7H,1-4H3,(H,14,15). The number of carbonyl (C=O) groups excluding carboxylic acids is 1. The summed E-state index contributed by atoms with van der Waals surface area (Å²) in [5.74, 6) is -0.282. The van der Waals surface area contributed by atoms with Crippen LogP contribution in [0.4, 0.5) is 0 Å². The number of hydrogen-bond acceptors (Lipinski definition) is 2. The van der Waals surface area contributed by atoms with E-state index in [1.54, 1.807) is 18.2 Å². The van der Waals surface area contributed by atoms with Gasteiger partial charge in [0, 0.05) is 10.6 Å². The highest BCUT2D eigenvalue weighted by molar-refractivity contribution is 6.31. The molecule has 3 nitrogen and oxygen atoms in total. The lowest BCUT2D eigenvalue weighted by molar-refractivity contribution is -0.0590. The summed E-state index contributed by atoms with van der Waals surface area (Å²) in [5.41, 5.74) is 3.38. The summed E-state index contributed by atoms with van der Waals surface area (Å²) >= 11 is 5.83. The van der Waals surface area contributed by atoms with Crippen LogP contribution in [0.15, 0.2) is 18.2 Å². The topological polar surface area (TPSA) is 38.3 Å². The Labute approximate surface area is 101 Å². The smallest absolute Gasteiger partial charge is 0.268 e. The largest absolute Gasteiger partial charge is 0.275 e. The maximum absolute atomic E-state index is 11.8. The summed E-state index contributed by atoms with van der Waals surface area (Å²) in [7, 11) is 0. The van der Waals surface area contributed by atoms with Crippen LogP contribution in [0.2, 0.25) is 5.02 Å². The highest BCUT2D eigenvalue weighted by atomic mass is 35.5. The van der Waals surface area contributed by atoms with Gasteiger partial charge in [0.25, 0.3) is 5.91 Å². The molecule has 1 N–H and O–H groups in total. The maximum atomic E-state index is 11.8. The van der Waals surface area contributed by atoms with E-state index in [0.717, 1.165) is 5.56 Å². The van der Waals surface area contributed by atoms with E-state index in [4.69, 9.17) is 16.4 Å². The zero-order valence-corrected chi connectivity index (χ0v) is 10.7. The molecule has 0 aliphatic rings. The molecule has 0 aliphatic heterocycles. The van der Waals surface area contributed by atoms with Crippen molar-refractivity contribution in [2.75, 3.05) is 0 Å². The lowest BCUT2D eigenvalue weighted by Gasteiger charge is -2.19. The normalized spacial score (nSPS) is 11.3. The molecule has 1 amide bonds. The number of nitrogens with one attached hydrogen (secondary N) is 1. The lowest BCUT2D eigenvalue weighted by Crippen LogP contribution is -2.33. The minimum absolute atomic E-state index is 0.282. The Hall–Kier alpha value is -1.06. The minimum atomic E-state index is -0.415. The van der Waals surface area contributed by atoms with Crippen LogP contribution >= 0.6 is 11.6 Å². The second kappa shape index (κ2) is 4.85. The van der Waals surface area contributed by atoms with Crippen LogP contribution in [0.3, 0.4) is 0 Å². The van der Waals surface area contributed by atoms with E-state index in [9.17, 15) is 4.79 Å². The van der Waals surface area contributed by atoms with Crippen LogP contribution in [0, 0.1) is 6.92 Å². The molecule has 0 heterocycles. The molecule has 0 bridgehead atoms. The summed E-state index contributed by atoms with van der Waals surface area (Å²) in [5, 5.41) is 0.534. The van der Waals surface area contributed by atoms with Crippen molar-refractivity contribution in [2.24, 2.45) is 0 Å². The van der Waals surface area contributed by atoms with Gasteiger partial charge in [0.15, 0.2) is 0 Å². The first-order valence-corrected chi connectivity index (χ1v) is 5.42. The highest BCUT2D eigenvalue weighted by Gasteiger charge is 2.15. The molecule has 0 aromatic heterocycles. The molecule has 0 radical (unpaired) electrons. The van der Waals surface area contributed by atoms with Gasteiger partial charge in [0.1, 0.15) is 0 Å². The number of aryl methyl sites for hydroxylation is 1. The van der Waals surface area contributed by atoms with Crippen LogP contribution < -0.4 is 5.48 Å². The van der Waals surface area contributed by atoms with Gasteiger partial charge < -0.3 is 0 Å². The number of hydroxylamine groups is 1. The van der Waals surface area contributed by atoms with Crippen molar-refractivity contribution >= 4 is 17.5 Å². The van der Waals surface area contributed by atoms with Crippen molar-refractivity contribution < 1.29 is 9.63 Å². The lowest BCUT2D eigenvalue weighted by atomic mass is 10.1. The Morgan fingerprint density at radius 3 is 2.56 bits per heavy atom. The third-order valence-electron chi connectivity index (χ3n) is 1.89. The first-order chi connectivity index (χ1) is 7.29. The number of carbonyl (C=O) groups is 1. The first kappa shape index (κ1) is 13.0. The molecule has 0 unspecified atom stereocenters. The second-order valence-electron chi connectivity index (χ2n) is 4.60. The highest BCUT2D eigenvalue weighted by Crippen LogP contribution is 2.15. The van der Waals surface area contributed by atoms with Crippen LogP contribution in [0.5, 0.6) is 0 Å². The van der Waals surface area contributed by atoms with Gasteiger partial charge in [-0.2, -0.15) is 0 Å². The summed E-state index contributed by atoms with van der Waals surface area (Å²) in [4.78, 5) is 17.0. The minimum Gasteiger partial charge on any atom is -0.268 e. The van der Waals surface area contributed by atoms with Gasteiger partial charge in [-0.15, -0.1) is 0 Å². The molecule has 0 atom stereocenters. The van der Waals surface area contributed by atoms with E-state index in [1.165, 1.54) is 0 Å². The third kappa shape index (κ3) is 3.83. The number of benzene rings is 1. The fraction of sp³-hybridized carbons (Fsp3) is 0.417. The Morgan fingerprint density at radius 2 is 2.00 bits per heavy atom. The number of amides is 1. The predicted molar refractivity (Wildman–Crippen MR) is 64.5 cm³/mol. The van der Waals surface area contributed by atoms with Crippen molar-refractivity contribution in [1.82, 2.24) is 5.48 Å². The molecule has 88 valence electrons. The molecule has 0 spiro atoms. The van der Waals surface area contributed by atoms with Crippen LogP contribution in [0.25, 0.3) is 0 Å². The van der Waals surface area contributed by atoms with Crippen LogP contribution in [-0.2, 0) is 4.84 Å². The third-order valence-corrected chi connectivity index (χ3v) is 2.13. The zero-order valence-electron chi connectivity index (χ0n) is 9.93. The van der Waals surface area contributed by atoms with Crippen LogP contribution in [-0.4, -0.2) is 11.5 Å². The molecule has 1 aromatic carbocycles. The molecule has 1 aromatic rings. The molecular weight excluding hydrogens is 226 g/mol. The fourth-order valence-corrected chi connectivity index (χ4v) is 1.27. The average Bonchev–Trinajstić information content (AvgIpc) is 2.17. The van der Waals surface area contributed by atoms with E-state index in [-0.39, 0.29) is 5.91 Å². The fourth-order valence-electron chi connectivity index (χ4n) is 1.09. The Balaban J connectivity index is 2.77. The molecule has 0 saturated heterocycles. The summed E-state index contributed by atoms with van der Waals surface area (Å²) < 4.78 is 0. The number of halogens is 1. The van der Waals surface area contributed by atoms with E-state index in [1.807, 2.05) is 27.7 Å². The average molecular weight is 242 g/mol. The zero-order chi connectivity index (χ0) is 12.3. The van der Waals surface area contributed by atoms with E-state index < -0.39 is 5.60 Å². The summed E-state index contributed by atoms with van der Waals surface area (Å²) in [6.07, 6.45) is 0. The molecule has 0 fully saturated rings.